The molecule has 0 atom stereocenters. The average molecular weight is 269 g/mol. The first-order chi connectivity index (χ1) is 9.75. The Bertz CT molecular complexity index is 555. The van der Waals surface area contributed by atoms with Crippen LogP contribution in [0.4, 0.5) is 0 Å². The summed E-state index contributed by atoms with van der Waals surface area (Å²) in [6.07, 6.45) is 1.76. The summed E-state index contributed by atoms with van der Waals surface area (Å²) >= 11 is 0. The van der Waals surface area contributed by atoms with Crippen LogP contribution in [0.1, 0.15) is 16.8 Å². The van der Waals surface area contributed by atoms with Crippen molar-refractivity contribution in [3.63, 3.8) is 0 Å². The van der Waals surface area contributed by atoms with Crippen LogP contribution < -0.4 is 10.6 Å². The standard InChI is InChI=1S/C16H19N3O/c1-13-6-5-9-18-15(13)11-17-12-16(20)19-10-14-7-3-2-4-8-14/h2-9,17H,10-12H2,1H3,(H,19,20). The lowest BCUT2D eigenvalue weighted by Crippen LogP contribution is -2.33. The van der Waals surface area contributed by atoms with E-state index in [1.807, 2.05) is 49.4 Å². The molecule has 1 aromatic heterocycles. The van der Waals surface area contributed by atoms with E-state index in [1.54, 1.807) is 6.20 Å². The molecule has 0 aliphatic heterocycles. The van der Waals surface area contributed by atoms with Crippen LogP contribution in [-0.2, 0) is 17.9 Å². The number of pyridine rings is 1. The Labute approximate surface area is 119 Å². The van der Waals surface area contributed by atoms with Gasteiger partial charge in [-0.2, -0.15) is 0 Å². The highest BCUT2D eigenvalue weighted by Crippen LogP contribution is 2.01. The molecule has 2 N–H and O–H groups in total. The number of aromatic nitrogens is 1. The van der Waals surface area contributed by atoms with Gasteiger partial charge in [0, 0.05) is 19.3 Å². The van der Waals surface area contributed by atoms with Crippen LogP contribution in [0, 0.1) is 6.92 Å². The molecule has 0 aliphatic rings. The number of carbonyl (C=O) groups excluding carboxylic acids is 1. The SMILES string of the molecule is Cc1cccnc1CNCC(=O)NCc1ccccc1. The van der Waals surface area contributed by atoms with Gasteiger partial charge in [0.2, 0.25) is 5.91 Å². The minimum absolute atomic E-state index is 0.0116. The summed E-state index contributed by atoms with van der Waals surface area (Å²) in [6, 6.07) is 13.8. The summed E-state index contributed by atoms with van der Waals surface area (Å²) in [5, 5.41) is 5.98. The molecule has 0 bridgehead atoms. The maximum atomic E-state index is 11.7. The number of benzene rings is 1. The first kappa shape index (κ1) is 14.2. The maximum absolute atomic E-state index is 11.7. The smallest absolute Gasteiger partial charge is 0.234 e. The van der Waals surface area contributed by atoms with Crippen molar-refractivity contribution >= 4 is 5.91 Å². The quantitative estimate of drug-likeness (QED) is 0.840. The lowest BCUT2D eigenvalue weighted by Gasteiger charge is -2.08. The average Bonchev–Trinajstić information content (AvgIpc) is 2.48. The fraction of sp³-hybridized carbons (Fsp3) is 0.250. The van der Waals surface area contributed by atoms with E-state index < -0.39 is 0 Å². The molecule has 2 aromatic rings. The molecule has 0 saturated carbocycles. The van der Waals surface area contributed by atoms with E-state index in [0.717, 1.165) is 16.8 Å². The lowest BCUT2D eigenvalue weighted by molar-refractivity contribution is -0.120. The second-order valence-electron chi connectivity index (χ2n) is 4.63. The van der Waals surface area contributed by atoms with Gasteiger partial charge in [-0.15, -0.1) is 0 Å². The minimum Gasteiger partial charge on any atom is -0.351 e. The van der Waals surface area contributed by atoms with Gasteiger partial charge in [0.15, 0.2) is 0 Å². The first-order valence-corrected chi connectivity index (χ1v) is 6.67. The van der Waals surface area contributed by atoms with E-state index in [4.69, 9.17) is 0 Å². The molecule has 0 radical (unpaired) electrons. The van der Waals surface area contributed by atoms with Crippen molar-refractivity contribution < 1.29 is 4.79 Å². The molecule has 0 fully saturated rings. The van der Waals surface area contributed by atoms with Gasteiger partial charge in [-0.05, 0) is 24.1 Å². The van der Waals surface area contributed by atoms with Crippen LogP contribution in [0.3, 0.4) is 0 Å². The summed E-state index contributed by atoms with van der Waals surface area (Å²) in [5.41, 5.74) is 3.20. The van der Waals surface area contributed by atoms with Crippen LogP contribution in [0.15, 0.2) is 48.7 Å². The van der Waals surface area contributed by atoms with Crippen LogP contribution in [0.2, 0.25) is 0 Å². The van der Waals surface area contributed by atoms with E-state index >= 15 is 0 Å². The zero-order valence-electron chi connectivity index (χ0n) is 11.6. The molecule has 0 saturated heterocycles. The Morgan fingerprint density at radius 3 is 2.65 bits per heavy atom. The fourth-order valence-electron chi connectivity index (χ4n) is 1.86. The van der Waals surface area contributed by atoms with Crippen LogP contribution in [0.25, 0.3) is 0 Å². The van der Waals surface area contributed by atoms with E-state index in [1.165, 1.54) is 0 Å². The third-order valence-electron chi connectivity index (χ3n) is 3.03. The van der Waals surface area contributed by atoms with Crippen molar-refractivity contribution in [1.29, 1.82) is 0 Å². The zero-order valence-corrected chi connectivity index (χ0v) is 11.6. The van der Waals surface area contributed by atoms with E-state index in [-0.39, 0.29) is 5.91 Å². The summed E-state index contributed by atoms with van der Waals surface area (Å²) in [4.78, 5) is 16.0. The van der Waals surface area contributed by atoms with Gasteiger partial charge in [-0.1, -0.05) is 36.4 Å². The van der Waals surface area contributed by atoms with E-state index in [0.29, 0.717) is 19.6 Å². The molecule has 4 nitrogen and oxygen atoms in total. The molecule has 2 rings (SSSR count). The fourth-order valence-corrected chi connectivity index (χ4v) is 1.86. The third kappa shape index (κ3) is 4.48. The number of amides is 1. The van der Waals surface area contributed by atoms with Crippen molar-refractivity contribution in [2.45, 2.75) is 20.0 Å². The molecular formula is C16H19N3O. The Morgan fingerprint density at radius 2 is 1.90 bits per heavy atom. The second kappa shape index (κ2) is 7.40. The predicted octanol–water partition coefficient (Wildman–Crippen LogP) is 1.80. The van der Waals surface area contributed by atoms with Gasteiger partial charge in [0.25, 0.3) is 0 Å². The molecule has 1 heterocycles. The van der Waals surface area contributed by atoms with Crippen LogP contribution >= 0.6 is 0 Å². The Kier molecular flexibility index (Phi) is 5.26. The van der Waals surface area contributed by atoms with Gasteiger partial charge in [-0.3, -0.25) is 9.78 Å². The second-order valence-corrected chi connectivity index (χ2v) is 4.63. The summed E-state index contributed by atoms with van der Waals surface area (Å²) in [6.45, 7) is 3.47. The van der Waals surface area contributed by atoms with Gasteiger partial charge in [-0.25, -0.2) is 0 Å². The predicted molar refractivity (Wildman–Crippen MR) is 79.0 cm³/mol. The number of hydrogen-bond acceptors (Lipinski definition) is 3. The molecule has 0 unspecified atom stereocenters. The van der Waals surface area contributed by atoms with Gasteiger partial charge in [0.05, 0.1) is 12.2 Å². The number of nitrogens with one attached hydrogen (secondary N) is 2. The summed E-state index contributed by atoms with van der Waals surface area (Å²) in [7, 11) is 0. The zero-order chi connectivity index (χ0) is 14.2. The molecular weight excluding hydrogens is 250 g/mol. The summed E-state index contributed by atoms with van der Waals surface area (Å²) in [5.74, 6) is -0.0116. The Hall–Kier alpha value is -2.20. The normalized spacial score (nSPS) is 10.2. The largest absolute Gasteiger partial charge is 0.351 e. The van der Waals surface area contributed by atoms with Crippen molar-refractivity contribution in [2.24, 2.45) is 0 Å². The maximum Gasteiger partial charge on any atom is 0.234 e. The highest BCUT2D eigenvalue weighted by atomic mass is 16.1. The highest BCUT2D eigenvalue weighted by Gasteiger charge is 2.02. The van der Waals surface area contributed by atoms with Crippen molar-refractivity contribution in [1.82, 2.24) is 15.6 Å². The number of nitrogens with zero attached hydrogens (tertiary/aromatic N) is 1. The number of hydrogen-bond donors (Lipinski definition) is 2. The highest BCUT2D eigenvalue weighted by molar-refractivity contribution is 5.77. The van der Waals surface area contributed by atoms with Gasteiger partial charge in [0.1, 0.15) is 0 Å². The van der Waals surface area contributed by atoms with Gasteiger partial charge >= 0.3 is 0 Å². The molecule has 0 spiro atoms. The minimum atomic E-state index is -0.0116. The molecule has 1 aromatic carbocycles. The van der Waals surface area contributed by atoms with E-state index in [9.17, 15) is 4.79 Å². The molecule has 4 heteroatoms. The van der Waals surface area contributed by atoms with Crippen LogP contribution in [-0.4, -0.2) is 17.4 Å². The molecule has 1 amide bonds. The van der Waals surface area contributed by atoms with E-state index in [2.05, 4.69) is 15.6 Å². The molecule has 0 aliphatic carbocycles. The van der Waals surface area contributed by atoms with Crippen molar-refractivity contribution in [2.75, 3.05) is 6.54 Å². The van der Waals surface area contributed by atoms with Crippen molar-refractivity contribution in [3.8, 4) is 0 Å². The topological polar surface area (TPSA) is 54.0 Å². The third-order valence-corrected chi connectivity index (χ3v) is 3.03. The number of carbonyl (C=O) groups is 1. The Morgan fingerprint density at radius 1 is 1.10 bits per heavy atom. The van der Waals surface area contributed by atoms with Crippen LogP contribution in [0.5, 0.6) is 0 Å². The number of rotatable bonds is 6. The lowest BCUT2D eigenvalue weighted by atomic mass is 10.2. The molecule has 20 heavy (non-hydrogen) atoms. The Balaban J connectivity index is 1.69. The van der Waals surface area contributed by atoms with Crippen molar-refractivity contribution in [3.05, 3.63) is 65.5 Å². The van der Waals surface area contributed by atoms with Gasteiger partial charge < -0.3 is 10.6 Å². The monoisotopic (exact) mass is 269 g/mol. The first-order valence-electron chi connectivity index (χ1n) is 6.67. The summed E-state index contributed by atoms with van der Waals surface area (Å²) < 4.78 is 0. The molecule has 104 valence electrons. The number of aryl methyl sites for hydroxylation is 1.